The molecule has 24 heavy (non-hydrogen) atoms. The minimum absolute atomic E-state index is 0.0167. The number of fused-ring (bicyclic) bond motifs is 1. The van der Waals surface area contributed by atoms with E-state index in [1.54, 1.807) is 22.3 Å². The zero-order valence-corrected chi connectivity index (χ0v) is 13.8. The van der Waals surface area contributed by atoms with Crippen LogP contribution in [0.2, 0.25) is 0 Å². The van der Waals surface area contributed by atoms with Gasteiger partial charge >= 0.3 is 0 Å². The first-order valence-corrected chi connectivity index (χ1v) is 8.64. The van der Waals surface area contributed by atoms with Crippen molar-refractivity contribution in [2.24, 2.45) is 0 Å². The molecule has 5 heteroatoms. The molecule has 0 aliphatic carbocycles. The normalized spacial score (nSPS) is 14.9. The van der Waals surface area contributed by atoms with Crippen molar-refractivity contribution in [3.05, 3.63) is 66.2 Å². The fourth-order valence-electron chi connectivity index (χ4n) is 2.57. The van der Waals surface area contributed by atoms with Crippen molar-refractivity contribution in [1.29, 1.82) is 0 Å². The number of nitrogens with zero attached hydrogens (tertiary/aromatic N) is 2. The number of aromatic nitrogens is 1. The summed E-state index contributed by atoms with van der Waals surface area (Å²) in [6, 6.07) is 17.8. The molecule has 1 aliphatic heterocycles. The summed E-state index contributed by atoms with van der Waals surface area (Å²) >= 11 is 1.54. The Morgan fingerprint density at radius 1 is 1.12 bits per heavy atom. The lowest BCUT2D eigenvalue weighted by Gasteiger charge is -2.37. The molecule has 1 saturated heterocycles. The van der Waals surface area contributed by atoms with Gasteiger partial charge in [-0.2, -0.15) is 0 Å². The van der Waals surface area contributed by atoms with Gasteiger partial charge in [-0.05, 0) is 23.8 Å². The Bertz CT molecular complexity index is 850. The molecule has 0 radical (unpaired) electrons. The van der Waals surface area contributed by atoms with Crippen LogP contribution in [-0.4, -0.2) is 35.0 Å². The fraction of sp³-hybridized carbons (Fsp3) is 0.158. The summed E-state index contributed by atoms with van der Waals surface area (Å²) in [5, 5.41) is 0.674. The van der Waals surface area contributed by atoms with Gasteiger partial charge in [-0.1, -0.05) is 53.8 Å². The van der Waals surface area contributed by atoms with Crippen molar-refractivity contribution in [1.82, 2.24) is 9.88 Å². The second kappa shape index (κ2) is 6.45. The van der Waals surface area contributed by atoms with Crippen molar-refractivity contribution in [2.75, 3.05) is 13.1 Å². The van der Waals surface area contributed by atoms with Crippen LogP contribution < -0.4 is 4.74 Å². The topological polar surface area (TPSA) is 42.4 Å². The van der Waals surface area contributed by atoms with Gasteiger partial charge < -0.3 is 9.64 Å². The highest BCUT2D eigenvalue weighted by atomic mass is 32.1. The first-order chi connectivity index (χ1) is 11.8. The van der Waals surface area contributed by atoms with Crippen LogP contribution >= 0.6 is 11.3 Å². The highest BCUT2D eigenvalue weighted by Gasteiger charge is 2.31. The number of ether oxygens (including phenoxy) is 1. The minimum Gasteiger partial charge on any atom is -0.463 e. The van der Waals surface area contributed by atoms with Gasteiger partial charge in [0.1, 0.15) is 6.10 Å². The summed E-state index contributed by atoms with van der Waals surface area (Å²) in [5.74, 6) is 0.0167. The van der Waals surface area contributed by atoms with E-state index in [9.17, 15) is 4.79 Å². The predicted octanol–water partition coefficient (Wildman–Crippen LogP) is 3.60. The minimum atomic E-state index is 0.0167. The molecule has 4 rings (SSSR count). The molecule has 0 spiro atoms. The van der Waals surface area contributed by atoms with E-state index < -0.39 is 0 Å². The average Bonchev–Trinajstić information content (AvgIpc) is 2.99. The summed E-state index contributed by atoms with van der Waals surface area (Å²) in [6.45, 7) is 1.21. The van der Waals surface area contributed by atoms with Crippen LogP contribution in [-0.2, 0) is 4.79 Å². The zero-order valence-electron chi connectivity index (χ0n) is 13.0. The smallest absolute Gasteiger partial charge is 0.274 e. The standard InChI is InChI=1S/C19H16N2O2S/c22-18(11-10-14-6-2-1-3-7-14)21-12-15(13-21)23-19-20-16-8-4-5-9-17(16)24-19/h1-11,15H,12-13H2/b11-10+. The number of hydrogen-bond donors (Lipinski definition) is 0. The van der Waals surface area contributed by atoms with E-state index in [2.05, 4.69) is 4.98 Å². The fourth-order valence-corrected chi connectivity index (χ4v) is 3.45. The van der Waals surface area contributed by atoms with Crippen molar-refractivity contribution in [2.45, 2.75) is 6.10 Å². The van der Waals surface area contributed by atoms with Crippen LogP contribution in [0.3, 0.4) is 0 Å². The maximum Gasteiger partial charge on any atom is 0.274 e. The Balaban J connectivity index is 1.31. The third-order valence-electron chi connectivity index (χ3n) is 3.92. The molecule has 1 fully saturated rings. The van der Waals surface area contributed by atoms with E-state index in [4.69, 9.17) is 4.74 Å². The lowest BCUT2D eigenvalue weighted by atomic mass is 10.1. The monoisotopic (exact) mass is 336 g/mol. The van der Waals surface area contributed by atoms with Gasteiger partial charge in [-0.15, -0.1) is 0 Å². The third-order valence-corrected chi connectivity index (χ3v) is 4.85. The summed E-state index contributed by atoms with van der Waals surface area (Å²) < 4.78 is 6.98. The molecule has 0 unspecified atom stereocenters. The number of para-hydroxylation sites is 1. The molecule has 2 heterocycles. The van der Waals surface area contributed by atoms with E-state index in [0.717, 1.165) is 15.8 Å². The van der Waals surface area contributed by atoms with Crippen molar-refractivity contribution < 1.29 is 9.53 Å². The van der Waals surface area contributed by atoms with Crippen LogP contribution in [0.15, 0.2) is 60.7 Å². The molecule has 120 valence electrons. The van der Waals surface area contributed by atoms with E-state index in [0.29, 0.717) is 18.3 Å². The number of carbonyl (C=O) groups excluding carboxylic acids is 1. The van der Waals surface area contributed by atoms with Crippen LogP contribution in [0.5, 0.6) is 5.19 Å². The molecule has 2 aromatic carbocycles. The molecule has 0 atom stereocenters. The largest absolute Gasteiger partial charge is 0.463 e. The van der Waals surface area contributed by atoms with E-state index >= 15 is 0 Å². The number of likely N-dealkylation sites (tertiary alicyclic amines) is 1. The van der Waals surface area contributed by atoms with Gasteiger partial charge in [0.2, 0.25) is 5.91 Å². The maximum atomic E-state index is 12.1. The molecular formula is C19H16N2O2S. The molecule has 0 N–H and O–H groups in total. The van der Waals surface area contributed by atoms with Crippen molar-refractivity contribution >= 4 is 33.5 Å². The maximum absolute atomic E-state index is 12.1. The van der Waals surface area contributed by atoms with Crippen molar-refractivity contribution in [3.8, 4) is 5.19 Å². The number of carbonyl (C=O) groups is 1. The van der Waals surface area contributed by atoms with E-state index in [1.165, 1.54) is 0 Å². The lowest BCUT2D eigenvalue weighted by molar-refractivity contribution is -0.134. The highest BCUT2D eigenvalue weighted by Crippen LogP contribution is 2.29. The summed E-state index contributed by atoms with van der Waals surface area (Å²) in [5.41, 5.74) is 1.98. The molecule has 4 nitrogen and oxygen atoms in total. The molecule has 0 saturated carbocycles. The van der Waals surface area contributed by atoms with Crippen LogP contribution in [0, 0.1) is 0 Å². The van der Waals surface area contributed by atoms with Gasteiger partial charge in [-0.3, -0.25) is 4.79 Å². The summed E-state index contributed by atoms with van der Waals surface area (Å²) in [6.07, 6.45) is 3.48. The number of thiazole rings is 1. The van der Waals surface area contributed by atoms with Gasteiger partial charge in [0, 0.05) is 6.08 Å². The van der Waals surface area contributed by atoms with Crippen molar-refractivity contribution in [3.63, 3.8) is 0 Å². The number of amides is 1. The quantitative estimate of drug-likeness (QED) is 0.684. The van der Waals surface area contributed by atoms with E-state index in [1.807, 2.05) is 60.7 Å². The van der Waals surface area contributed by atoms with E-state index in [-0.39, 0.29) is 12.0 Å². The predicted molar refractivity (Wildman–Crippen MR) is 96.1 cm³/mol. The molecule has 0 bridgehead atoms. The highest BCUT2D eigenvalue weighted by molar-refractivity contribution is 7.20. The molecule has 1 aromatic heterocycles. The van der Waals surface area contributed by atoms with Gasteiger partial charge in [0.25, 0.3) is 5.19 Å². The summed E-state index contributed by atoms with van der Waals surface area (Å²) in [4.78, 5) is 18.3. The first-order valence-electron chi connectivity index (χ1n) is 7.82. The first kappa shape index (κ1) is 14.9. The Labute approximate surface area is 144 Å². The number of hydrogen-bond acceptors (Lipinski definition) is 4. The SMILES string of the molecule is O=C(/C=C/c1ccccc1)N1CC(Oc2nc3ccccc3s2)C1. The zero-order chi connectivity index (χ0) is 16.4. The molecule has 1 amide bonds. The second-order valence-electron chi connectivity index (χ2n) is 5.67. The van der Waals surface area contributed by atoms with Crippen LogP contribution in [0.25, 0.3) is 16.3 Å². The molecule has 1 aliphatic rings. The Morgan fingerprint density at radius 2 is 1.88 bits per heavy atom. The van der Waals surface area contributed by atoms with Crippen LogP contribution in [0.4, 0.5) is 0 Å². The van der Waals surface area contributed by atoms with Gasteiger partial charge in [-0.25, -0.2) is 4.98 Å². The van der Waals surface area contributed by atoms with Crippen LogP contribution in [0.1, 0.15) is 5.56 Å². The average molecular weight is 336 g/mol. The number of benzene rings is 2. The second-order valence-corrected chi connectivity index (χ2v) is 6.67. The van der Waals surface area contributed by atoms with Gasteiger partial charge in [0.15, 0.2) is 0 Å². The number of rotatable bonds is 4. The lowest BCUT2D eigenvalue weighted by Crippen LogP contribution is -2.55. The summed E-state index contributed by atoms with van der Waals surface area (Å²) in [7, 11) is 0. The third kappa shape index (κ3) is 3.16. The Morgan fingerprint density at radius 3 is 2.67 bits per heavy atom. The molecule has 3 aromatic rings. The Hall–Kier alpha value is -2.66. The van der Waals surface area contributed by atoms with Gasteiger partial charge in [0.05, 0.1) is 23.3 Å². The Kier molecular flexibility index (Phi) is 4.01. The molecular weight excluding hydrogens is 320 g/mol.